The highest BCUT2D eigenvalue weighted by molar-refractivity contribution is 5.73. The quantitative estimate of drug-likeness (QED) is 0.845. The number of hydrogen-bond acceptors (Lipinski definition) is 6. The molecule has 0 fully saturated rings. The number of aromatic nitrogens is 4. The van der Waals surface area contributed by atoms with Gasteiger partial charge in [0.05, 0.1) is 33.4 Å². The first kappa shape index (κ1) is 19.1. The SMILES string of the molecule is COc1nc(C)cc(C)c1CNC(=O)N(C)Cc1nnc2n1CCOCC2. The van der Waals surface area contributed by atoms with Crippen molar-refractivity contribution in [3.63, 3.8) is 0 Å². The van der Waals surface area contributed by atoms with Crippen LogP contribution in [0.25, 0.3) is 0 Å². The summed E-state index contributed by atoms with van der Waals surface area (Å²) in [4.78, 5) is 18.5. The van der Waals surface area contributed by atoms with Crippen LogP contribution in [0.4, 0.5) is 4.79 Å². The smallest absolute Gasteiger partial charge is 0.317 e. The van der Waals surface area contributed by atoms with Gasteiger partial charge in [0.2, 0.25) is 5.88 Å². The van der Waals surface area contributed by atoms with E-state index in [2.05, 4.69) is 20.5 Å². The van der Waals surface area contributed by atoms with Gasteiger partial charge >= 0.3 is 6.03 Å². The van der Waals surface area contributed by atoms with Crippen LogP contribution in [-0.2, 0) is 30.8 Å². The van der Waals surface area contributed by atoms with Gasteiger partial charge in [-0.25, -0.2) is 9.78 Å². The molecule has 0 unspecified atom stereocenters. The number of aryl methyl sites for hydroxylation is 2. The molecule has 9 nitrogen and oxygen atoms in total. The summed E-state index contributed by atoms with van der Waals surface area (Å²) in [5.41, 5.74) is 2.79. The molecule has 1 aliphatic heterocycles. The number of nitrogens with one attached hydrogen (secondary N) is 1. The van der Waals surface area contributed by atoms with Crippen molar-refractivity contribution in [2.75, 3.05) is 27.4 Å². The van der Waals surface area contributed by atoms with Crippen molar-refractivity contribution in [1.82, 2.24) is 30.0 Å². The number of urea groups is 1. The van der Waals surface area contributed by atoms with Crippen LogP contribution in [0, 0.1) is 13.8 Å². The van der Waals surface area contributed by atoms with Gasteiger partial charge in [0, 0.05) is 31.3 Å². The molecule has 0 spiro atoms. The molecule has 146 valence electrons. The Morgan fingerprint density at radius 1 is 1.37 bits per heavy atom. The lowest BCUT2D eigenvalue weighted by Crippen LogP contribution is -2.37. The number of amides is 2. The first-order chi connectivity index (χ1) is 13.0. The highest BCUT2D eigenvalue weighted by Crippen LogP contribution is 2.20. The van der Waals surface area contributed by atoms with Gasteiger partial charge in [0.1, 0.15) is 5.82 Å². The zero-order chi connectivity index (χ0) is 19.4. The lowest BCUT2D eigenvalue weighted by molar-refractivity contribution is 0.139. The second kappa shape index (κ2) is 8.34. The molecule has 3 heterocycles. The molecule has 0 aliphatic carbocycles. The lowest BCUT2D eigenvalue weighted by Gasteiger charge is -2.19. The number of pyridine rings is 1. The van der Waals surface area contributed by atoms with Crippen molar-refractivity contribution in [3.8, 4) is 5.88 Å². The summed E-state index contributed by atoms with van der Waals surface area (Å²) in [6.45, 7) is 6.61. The molecule has 2 aromatic heterocycles. The molecule has 1 aliphatic rings. The Balaban J connectivity index is 1.63. The third-order valence-corrected chi connectivity index (χ3v) is 4.61. The van der Waals surface area contributed by atoms with Crippen LogP contribution < -0.4 is 10.1 Å². The highest BCUT2D eigenvalue weighted by atomic mass is 16.5. The number of ether oxygens (including phenoxy) is 2. The van der Waals surface area contributed by atoms with E-state index in [1.54, 1.807) is 19.1 Å². The van der Waals surface area contributed by atoms with Gasteiger partial charge in [0.25, 0.3) is 0 Å². The summed E-state index contributed by atoms with van der Waals surface area (Å²) in [5, 5.41) is 11.4. The molecule has 2 amide bonds. The predicted molar refractivity (Wildman–Crippen MR) is 98.5 cm³/mol. The molecular formula is C18H26N6O3. The third-order valence-electron chi connectivity index (χ3n) is 4.61. The van der Waals surface area contributed by atoms with Crippen molar-refractivity contribution in [2.24, 2.45) is 0 Å². The standard InChI is InChI=1S/C18H26N6O3/c1-12-9-13(2)20-17(26-4)14(12)10-19-18(25)23(3)11-16-22-21-15-5-7-27-8-6-24(15)16/h9H,5-8,10-11H2,1-4H3,(H,19,25). The third kappa shape index (κ3) is 4.36. The minimum Gasteiger partial charge on any atom is -0.481 e. The Morgan fingerprint density at radius 2 is 2.19 bits per heavy atom. The van der Waals surface area contributed by atoms with Gasteiger partial charge in [-0.05, 0) is 25.5 Å². The van der Waals surface area contributed by atoms with E-state index in [9.17, 15) is 4.79 Å². The molecule has 27 heavy (non-hydrogen) atoms. The first-order valence-corrected chi connectivity index (χ1v) is 8.98. The van der Waals surface area contributed by atoms with Gasteiger partial charge in [-0.1, -0.05) is 0 Å². The molecular weight excluding hydrogens is 348 g/mol. The van der Waals surface area contributed by atoms with Crippen LogP contribution in [0.2, 0.25) is 0 Å². The molecule has 0 atom stereocenters. The Kier molecular flexibility index (Phi) is 5.90. The first-order valence-electron chi connectivity index (χ1n) is 8.98. The summed E-state index contributed by atoms with van der Waals surface area (Å²) in [5.74, 6) is 2.21. The molecule has 9 heteroatoms. The van der Waals surface area contributed by atoms with E-state index >= 15 is 0 Å². The maximum absolute atomic E-state index is 12.5. The summed E-state index contributed by atoms with van der Waals surface area (Å²) in [6.07, 6.45) is 0.738. The Morgan fingerprint density at radius 3 is 2.96 bits per heavy atom. The van der Waals surface area contributed by atoms with E-state index in [1.807, 2.05) is 24.5 Å². The average Bonchev–Trinajstić information content (AvgIpc) is 2.86. The second-order valence-electron chi connectivity index (χ2n) is 6.63. The van der Waals surface area contributed by atoms with Crippen LogP contribution in [0.5, 0.6) is 5.88 Å². The van der Waals surface area contributed by atoms with Crippen molar-refractivity contribution >= 4 is 6.03 Å². The minimum absolute atomic E-state index is 0.195. The largest absolute Gasteiger partial charge is 0.481 e. The average molecular weight is 374 g/mol. The maximum atomic E-state index is 12.5. The van der Waals surface area contributed by atoms with Crippen LogP contribution in [0.3, 0.4) is 0 Å². The van der Waals surface area contributed by atoms with Crippen molar-refractivity contribution in [1.29, 1.82) is 0 Å². The molecule has 0 saturated carbocycles. The van der Waals surface area contributed by atoms with Crippen molar-refractivity contribution in [3.05, 3.63) is 34.5 Å². The fourth-order valence-electron chi connectivity index (χ4n) is 3.15. The van der Waals surface area contributed by atoms with Crippen LogP contribution >= 0.6 is 0 Å². The summed E-state index contributed by atoms with van der Waals surface area (Å²) < 4.78 is 12.9. The molecule has 0 bridgehead atoms. The van der Waals surface area contributed by atoms with E-state index in [0.717, 1.165) is 34.9 Å². The number of rotatable bonds is 5. The maximum Gasteiger partial charge on any atom is 0.317 e. The topological polar surface area (TPSA) is 94.4 Å². The fraction of sp³-hybridized carbons (Fsp3) is 0.556. The molecule has 0 aromatic carbocycles. The number of carbonyl (C=O) groups excluding carboxylic acids is 1. The van der Waals surface area contributed by atoms with E-state index in [-0.39, 0.29) is 6.03 Å². The zero-order valence-electron chi connectivity index (χ0n) is 16.3. The Bertz CT molecular complexity index is 820. The highest BCUT2D eigenvalue weighted by Gasteiger charge is 2.19. The summed E-state index contributed by atoms with van der Waals surface area (Å²) in [6, 6.07) is 1.78. The Labute approximate surface area is 158 Å². The monoisotopic (exact) mass is 374 g/mol. The molecule has 3 rings (SSSR count). The van der Waals surface area contributed by atoms with Crippen molar-refractivity contribution in [2.45, 2.75) is 39.9 Å². The summed E-state index contributed by atoms with van der Waals surface area (Å²) in [7, 11) is 3.32. The van der Waals surface area contributed by atoms with Gasteiger partial charge in [-0.3, -0.25) is 0 Å². The van der Waals surface area contributed by atoms with E-state index < -0.39 is 0 Å². The van der Waals surface area contributed by atoms with E-state index in [4.69, 9.17) is 9.47 Å². The van der Waals surface area contributed by atoms with Crippen LogP contribution in [0.15, 0.2) is 6.07 Å². The van der Waals surface area contributed by atoms with Crippen LogP contribution in [-0.4, -0.2) is 58.1 Å². The Hall–Kier alpha value is -2.68. The normalized spacial score (nSPS) is 13.6. The summed E-state index contributed by atoms with van der Waals surface area (Å²) >= 11 is 0. The van der Waals surface area contributed by atoms with Crippen LogP contribution in [0.1, 0.15) is 28.5 Å². The molecule has 0 radical (unpaired) electrons. The van der Waals surface area contributed by atoms with Crippen molar-refractivity contribution < 1.29 is 14.3 Å². The minimum atomic E-state index is -0.195. The molecule has 1 N–H and O–H groups in total. The number of methoxy groups -OCH3 is 1. The number of carbonyl (C=O) groups is 1. The van der Waals surface area contributed by atoms with Gasteiger partial charge in [-0.15, -0.1) is 10.2 Å². The lowest BCUT2D eigenvalue weighted by atomic mass is 10.1. The van der Waals surface area contributed by atoms with Gasteiger partial charge < -0.3 is 24.3 Å². The number of hydrogen-bond donors (Lipinski definition) is 1. The molecule has 2 aromatic rings. The fourth-order valence-corrected chi connectivity index (χ4v) is 3.15. The predicted octanol–water partition coefficient (Wildman–Crippen LogP) is 1.21. The zero-order valence-corrected chi connectivity index (χ0v) is 16.3. The molecule has 0 saturated heterocycles. The number of fused-ring (bicyclic) bond motifs is 1. The second-order valence-corrected chi connectivity index (χ2v) is 6.63. The number of nitrogens with zero attached hydrogens (tertiary/aromatic N) is 5. The van der Waals surface area contributed by atoms with Gasteiger partial charge in [0.15, 0.2) is 5.82 Å². The van der Waals surface area contributed by atoms with E-state index in [0.29, 0.717) is 38.7 Å². The van der Waals surface area contributed by atoms with Gasteiger partial charge in [-0.2, -0.15) is 0 Å². The van der Waals surface area contributed by atoms with E-state index in [1.165, 1.54) is 0 Å².